The topological polar surface area (TPSA) is 42.2 Å². The number of hydrogen-bond donors (Lipinski definition) is 1. The number of nitrogens with one attached hydrogen (secondary N) is 1. The van der Waals surface area contributed by atoms with E-state index >= 15 is 0 Å². The van der Waals surface area contributed by atoms with E-state index in [9.17, 15) is 4.79 Å². The second kappa shape index (κ2) is 7.37. The van der Waals surface area contributed by atoms with Crippen LogP contribution in [0.25, 0.3) is 11.3 Å². The van der Waals surface area contributed by atoms with Gasteiger partial charge in [-0.1, -0.05) is 41.9 Å². The van der Waals surface area contributed by atoms with Crippen molar-refractivity contribution in [2.45, 2.75) is 19.8 Å². The number of anilines is 1. The number of carbonyl (C=O) groups is 1. The molecule has 0 radical (unpaired) electrons. The van der Waals surface area contributed by atoms with Gasteiger partial charge in [0.25, 0.3) is 0 Å². The average Bonchev–Trinajstić information content (AvgIpc) is 3.04. The van der Waals surface area contributed by atoms with Gasteiger partial charge in [0.15, 0.2) is 0 Å². The molecule has 1 heterocycles. The summed E-state index contributed by atoms with van der Waals surface area (Å²) < 4.78 is 5.81. The van der Waals surface area contributed by atoms with E-state index in [0.29, 0.717) is 17.9 Å². The monoisotopic (exact) mass is 339 g/mol. The standard InChI is InChI=1S/C20H18ClNO2/c1-14-5-2-3-8-18(14)22-20(23)12-10-17-9-11-19(24-17)15-6-4-7-16(21)13-15/h2-9,11,13H,10,12H2,1H3,(H,22,23). The normalized spacial score (nSPS) is 10.6. The van der Waals surface area contributed by atoms with Gasteiger partial charge in [0.2, 0.25) is 5.91 Å². The molecule has 24 heavy (non-hydrogen) atoms. The third-order valence-corrected chi connectivity index (χ3v) is 4.02. The third-order valence-electron chi connectivity index (χ3n) is 3.79. The first-order valence-corrected chi connectivity index (χ1v) is 8.20. The lowest BCUT2D eigenvalue weighted by Gasteiger charge is -2.07. The van der Waals surface area contributed by atoms with Crippen LogP contribution in [-0.2, 0) is 11.2 Å². The Morgan fingerprint density at radius 1 is 1.08 bits per heavy atom. The van der Waals surface area contributed by atoms with E-state index in [-0.39, 0.29) is 5.91 Å². The van der Waals surface area contributed by atoms with Gasteiger partial charge < -0.3 is 9.73 Å². The molecule has 0 atom stereocenters. The maximum atomic E-state index is 12.1. The van der Waals surface area contributed by atoms with Gasteiger partial charge in [-0.05, 0) is 42.8 Å². The lowest BCUT2D eigenvalue weighted by molar-refractivity contribution is -0.116. The molecule has 0 saturated heterocycles. The molecule has 1 aromatic heterocycles. The maximum absolute atomic E-state index is 12.1. The zero-order chi connectivity index (χ0) is 16.9. The first kappa shape index (κ1) is 16.3. The third kappa shape index (κ3) is 4.06. The Morgan fingerprint density at radius 3 is 2.71 bits per heavy atom. The summed E-state index contributed by atoms with van der Waals surface area (Å²) in [6.07, 6.45) is 0.926. The minimum Gasteiger partial charge on any atom is -0.461 e. The van der Waals surface area contributed by atoms with Gasteiger partial charge in [0.05, 0.1) is 0 Å². The fourth-order valence-electron chi connectivity index (χ4n) is 2.47. The SMILES string of the molecule is Cc1ccccc1NC(=O)CCc1ccc(-c2cccc(Cl)c2)o1. The van der Waals surface area contributed by atoms with Crippen molar-refractivity contribution < 1.29 is 9.21 Å². The van der Waals surface area contributed by atoms with Crippen LogP contribution in [0.15, 0.2) is 65.1 Å². The second-order valence-electron chi connectivity index (χ2n) is 5.64. The number of carbonyl (C=O) groups excluding carboxylic acids is 1. The lowest BCUT2D eigenvalue weighted by Crippen LogP contribution is -2.12. The number of rotatable bonds is 5. The quantitative estimate of drug-likeness (QED) is 0.668. The zero-order valence-electron chi connectivity index (χ0n) is 13.4. The second-order valence-corrected chi connectivity index (χ2v) is 6.08. The van der Waals surface area contributed by atoms with E-state index in [1.54, 1.807) is 0 Å². The molecular weight excluding hydrogens is 322 g/mol. The van der Waals surface area contributed by atoms with E-state index in [0.717, 1.165) is 28.3 Å². The molecule has 0 saturated carbocycles. The van der Waals surface area contributed by atoms with Crippen molar-refractivity contribution in [3.8, 4) is 11.3 Å². The molecule has 1 amide bonds. The molecule has 0 aliphatic carbocycles. The number of furan rings is 1. The van der Waals surface area contributed by atoms with Crippen molar-refractivity contribution >= 4 is 23.2 Å². The van der Waals surface area contributed by atoms with E-state index in [1.807, 2.05) is 67.6 Å². The summed E-state index contributed by atoms with van der Waals surface area (Å²) in [5, 5.41) is 3.60. The van der Waals surface area contributed by atoms with Crippen LogP contribution in [0.1, 0.15) is 17.7 Å². The lowest BCUT2D eigenvalue weighted by atomic mass is 10.2. The number of benzene rings is 2. The molecule has 0 unspecified atom stereocenters. The number of amides is 1. The van der Waals surface area contributed by atoms with Gasteiger partial charge in [0, 0.05) is 29.1 Å². The predicted molar refractivity (Wildman–Crippen MR) is 97.3 cm³/mol. The maximum Gasteiger partial charge on any atom is 0.224 e. The first-order chi connectivity index (χ1) is 11.6. The highest BCUT2D eigenvalue weighted by atomic mass is 35.5. The summed E-state index contributed by atoms with van der Waals surface area (Å²) in [5.74, 6) is 1.52. The summed E-state index contributed by atoms with van der Waals surface area (Å²) in [4.78, 5) is 12.1. The smallest absolute Gasteiger partial charge is 0.224 e. The summed E-state index contributed by atoms with van der Waals surface area (Å²) in [6.45, 7) is 1.97. The van der Waals surface area contributed by atoms with Crippen LogP contribution in [0.3, 0.4) is 0 Å². The van der Waals surface area contributed by atoms with Crippen molar-refractivity contribution in [1.29, 1.82) is 0 Å². The van der Waals surface area contributed by atoms with Crippen molar-refractivity contribution in [3.05, 3.63) is 77.0 Å². The Hall–Kier alpha value is -2.52. The molecule has 122 valence electrons. The molecule has 3 nitrogen and oxygen atoms in total. The molecule has 0 aliphatic heterocycles. The Bertz CT molecular complexity index is 854. The Balaban J connectivity index is 1.59. The number of aryl methyl sites for hydroxylation is 2. The summed E-state index contributed by atoms with van der Waals surface area (Å²) >= 11 is 6.00. The van der Waals surface area contributed by atoms with E-state index in [2.05, 4.69) is 5.32 Å². The van der Waals surface area contributed by atoms with Gasteiger partial charge in [0.1, 0.15) is 11.5 Å². The number of hydrogen-bond acceptors (Lipinski definition) is 2. The van der Waals surface area contributed by atoms with Gasteiger partial charge in [-0.15, -0.1) is 0 Å². The molecule has 0 bridgehead atoms. The molecule has 2 aromatic carbocycles. The molecule has 3 aromatic rings. The summed E-state index contributed by atoms with van der Waals surface area (Å²) in [5.41, 5.74) is 2.83. The predicted octanol–water partition coefficient (Wildman–Crippen LogP) is 5.48. The molecule has 0 spiro atoms. The van der Waals surface area contributed by atoms with Crippen LogP contribution in [-0.4, -0.2) is 5.91 Å². The molecule has 3 rings (SSSR count). The van der Waals surface area contributed by atoms with E-state index in [1.165, 1.54) is 0 Å². The first-order valence-electron chi connectivity index (χ1n) is 7.82. The highest BCUT2D eigenvalue weighted by Gasteiger charge is 2.09. The molecule has 0 fully saturated rings. The molecule has 1 N–H and O–H groups in total. The van der Waals surface area contributed by atoms with Gasteiger partial charge in [-0.2, -0.15) is 0 Å². The van der Waals surface area contributed by atoms with Crippen molar-refractivity contribution in [2.24, 2.45) is 0 Å². The van der Waals surface area contributed by atoms with Crippen LogP contribution in [0.4, 0.5) is 5.69 Å². The highest BCUT2D eigenvalue weighted by molar-refractivity contribution is 6.30. The molecular formula is C20H18ClNO2. The Labute approximate surface area is 146 Å². The van der Waals surface area contributed by atoms with E-state index in [4.69, 9.17) is 16.0 Å². The Kier molecular flexibility index (Phi) is 5.02. The number of halogens is 1. The van der Waals surface area contributed by atoms with Gasteiger partial charge in [-0.3, -0.25) is 4.79 Å². The summed E-state index contributed by atoms with van der Waals surface area (Å²) in [6, 6.07) is 19.0. The van der Waals surface area contributed by atoms with Crippen LogP contribution in [0, 0.1) is 6.92 Å². The molecule has 4 heteroatoms. The minimum absolute atomic E-state index is 0.0231. The van der Waals surface area contributed by atoms with E-state index < -0.39 is 0 Å². The minimum atomic E-state index is -0.0231. The van der Waals surface area contributed by atoms with Crippen LogP contribution >= 0.6 is 11.6 Å². The van der Waals surface area contributed by atoms with Crippen LogP contribution in [0.2, 0.25) is 5.02 Å². The van der Waals surface area contributed by atoms with Gasteiger partial charge in [-0.25, -0.2) is 0 Å². The summed E-state index contributed by atoms with van der Waals surface area (Å²) in [7, 11) is 0. The largest absolute Gasteiger partial charge is 0.461 e. The van der Waals surface area contributed by atoms with Gasteiger partial charge >= 0.3 is 0 Å². The average molecular weight is 340 g/mol. The zero-order valence-corrected chi connectivity index (χ0v) is 14.1. The van der Waals surface area contributed by atoms with Crippen molar-refractivity contribution in [2.75, 3.05) is 5.32 Å². The van der Waals surface area contributed by atoms with Crippen molar-refractivity contribution in [3.63, 3.8) is 0 Å². The molecule has 0 aliphatic rings. The fraction of sp³-hybridized carbons (Fsp3) is 0.150. The van der Waals surface area contributed by atoms with Crippen LogP contribution in [0.5, 0.6) is 0 Å². The number of para-hydroxylation sites is 1. The fourth-order valence-corrected chi connectivity index (χ4v) is 2.66. The van der Waals surface area contributed by atoms with Crippen molar-refractivity contribution in [1.82, 2.24) is 0 Å². The Morgan fingerprint density at radius 2 is 1.92 bits per heavy atom. The highest BCUT2D eigenvalue weighted by Crippen LogP contribution is 2.25. The van der Waals surface area contributed by atoms with Crippen LogP contribution < -0.4 is 5.32 Å².